The predicted molar refractivity (Wildman–Crippen MR) is 113 cm³/mol. The van der Waals surface area contributed by atoms with Crippen LogP contribution in [0, 0.1) is 18.7 Å². The zero-order valence-corrected chi connectivity index (χ0v) is 17.2. The molecule has 7 heteroatoms. The molecule has 1 heterocycles. The van der Waals surface area contributed by atoms with Crippen molar-refractivity contribution in [2.24, 2.45) is 5.92 Å². The minimum absolute atomic E-state index is 0.0731. The second-order valence-electron chi connectivity index (χ2n) is 7.25. The van der Waals surface area contributed by atoms with E-state index in [1.54, 1.807) is 24.4 Å². The van der Waals surface area contributed by atoms with Crippen molar-refractivity contribution in [2.75, 3.05) is 17.2 Å². The summed E-state index contributed by atoms with van der Waals surface area (Å²) in [5, 5.41) is 8.58. The Bertz CT molecular complexity index is 811. The lowest BCUT2D eigenvalue weighted by atomic mass is 9.90. The molecule has 29 heavy (non-hydrogen) atoms. The SMILES string of the molecule is CCCCC(C)C(NCC(=O)Nc1cc(C)cnc1NC=O)c1ccc(F)cc1. The molecular formula is C22H29FN4O2. The van der Waals surface area contributed by atoms with Gasteiger partial charge in [0.05, 0.1) is 12.2 Å². The first-order valence-corrected chi connectivity index (χ1v) is 9.90. The van der Waals surface area contributed by atoms with E-state index < -0.39 is 0 Å². The monoisotopic (exact) mass is 400 g/mol. The number of amides is 2. The average Bonchev–Trinajstić information content (AvgIpc) is 2.70. The number of carbonyl (C=O) groups excluding carboxylic acids is 2. The number of carbonyl (C=O) groups is 2. The summed E-state index contributed by atoms with van der Waals surface area (Å²) in [5.41, 5.74) is 2.26. The van der Waals surface area contributed by atoms with Gasteiger partial charge in [0.2, 0.25) is 12.3 Å². The molecular weight excluding hydrogens is 371 g/mol. The number of pyridine rings is 1. The molecule has 2 atom stereocenters. The first-order valence-electron chi connectivity index (χ1n) is 9.90. The summed E-state index contributed by atoms with van der Waals surface area (Å²) in [7, 11) is 0. The van der Waals surface area contributed by atoms with Crippen LogP contribution in [-0.2, 0) is 9.59 Å². The van der Waals surface area contributed by atoms with E-state index in [-0.39, 0.29) is 30.2 Å². The third kappa shape index (κ3) is 6.94. The van der Waals surface area contributed by atoms with E-state index in [0.29, 0.717) is 17.9 Å². The van der Waals surface area contributed by atoms with E-state index in [0.717, 1.165) is 30.4 Å². The summed E-state index contributed by atoms with van der Waals surface area (Å²) >= 11 is 0. The van der Waals surface area contributed by atoms with Crippen LogP contribution in [0.15, 0.2) is 36.5 Å². The molecule has 0 spiro atoms. The van der Waals surface area contributed by atoms with E-state index >= 15 is 0 Å². The molecule has 0 radical (unpaired) electrons. The number of anilines is 2. The van der Waals surface area contributed by atoms with Crippen molar-refractivity contribution in [1.82, 2.24) is 10.3 Å². The molecule has 0 saturated heterocycles. The van der Waals surface area contributed by atoms with Gasteiger partial charge < -0.3 is 16.0 Å². The van der Waals surface area contributed by atoms with Crippen LogP contribution >= 0.6 is 0 Å². The molecule has 0 aliphatic rings. The molecule has 1 aromatic carbocycles. The first kappa shape index (κ1) is 22.5. The maximum atomic E-state index is 13.3. The second kappa shape index (κ2) is 11.3. The fraction of sp³-hybridized carbons (Fsp3) is 0.409. The topological polar surface area (TPSA) is 83.1 Å². The summed E-state index contributed by atoms with van der Waals surface area (Å²) in [6.45, 7) is 6.20. The Morgan fingerprint density at radius 1 is 1.28 bits per heavy atom. The van der Waals surface area contributed by atoms with Crippen LogP contribution in [0.1, 0.15) is 50.3 Å². The highest BCUT2D eigenvalue weighted by atomic mass is 19.1. The molecule has 0 saturated carbocycles. The quantitative estimate of drug-likeness (QED) is 0.494. The summed E-state index contributed by atoms with van der Waals surface area (Å²) in [5.74, 6) is 0.0428. The molecule has 156 valence electrons. The molecule has 0 aliphatic carbocycles. The average molecular weight is 400 g/mol. The van der Waals surface area contributed by atoms with Crippen molar-refractivity contribution in [3.63, 3.8) is 0 Å². The van der Waals surface area contributed by atoms with Crippen molar-refractivity contribution in [1.29, 1.82) is 0 Å². The lowest BCUT2D eigenvalue weighted by molar-refractivity contribution is -0.115. The molecule has 6 nitrogen and oxygen atoms in total. The lowest BCUT2D eigenvalue weighted by Gasteiger charge is -2.26. The zero-order chi connectivity index (χ0) is 21.2. The van der Waals surface area contributed by atoms with Crippen molar-refractivity contribution in [3.05, 3.63) is 53.5 Å². The highest BCUT2D eigenvalue weighted by Crippen LogP contribution is 2.26. The van der Waals surface area contributed by atoms with E-state index in [1.165, 1.54) is 12.1 Å². The Labute approximate surface area is 171 Å². The Morgan fingerprint density at radius 2 is 2.00 bits per heavy atom. The number of aryl methyl sites for hydroxylation is 1. The molecule has 2 rings (SSSR count). The number of nitrogens with zero attached hydrogens (tertiary/aromatic N) is 1. The second-order valence-corrected chi connectivity index (χ2v) is 7.25. The Balaban J connectivity index is 2.08. The number of unbranched alkanes of at least 4 members (excludes halogenated alkanes) is 1. The van der Waals surface area contributed by atoms with Crippen LogP contribution < -0.4 is 16.0 Å². The lowest BCUT2D eigenvalue weighted by Crippen LogP contribution is -2.34. The first-order chi connectivity index (χ1) is 13.9. The third-order valence-electron chi connectivity index (χ3n) is 4.79. The van der Waals surface area contributed by atoms with Gasteiger partial charge in [-0.05, 0) is 48.6 Å². The number of hydrogen-bond acceptors (Lipinski definition) is 4. The molecule has 0 bridgehead atoms. The van der Waals surface area contributed by atoms with E-state index in [9.17, 15) is 14.0 Å². The summed E-state index contributed by atoms with van der Waals surface area (Å²) < 4.78 is 13.3. The van der Waals surface area contributed by atoms with E-state index in [1.807, 2.05) is 6.92 Å². The minimum Gasteiger partial charge on any atom is -0.322 e. The number of benzene rings is 1. The maximum absolute atomic E-state index is 13.3. The Hall–Kier alpha value is -2.80. The largest absolute Gasteiger partial charge is 0.322 e. The van der Waals surface area contributed by atoms with Gasteiger partial charge in [0.1, 0.15) is 5.82 Å². The molecule has 2 aromatic rings. The smallest absolute Gasteiger partial charge is 0.238 e. The summed E-state index contributed by atoms with van der Waals surface area (Å²) in [4.78, 5) is 27.4. The molecule has 0 aliphatic heterocycles. The Morgan fingerprint density at radius 3 is 2.66 bits per heavy atom. The highest BCUT2D eigenvalue weighted by Gasteiger charge is 2.20. The number of halogens is 1. The van der Waals surface area contributed by atoms with E-state index in [2.05, 4.69) is 34.8 Å². The highest BCUT2D eigenvalue weighted by molar-refractivity contribution is 5.96. The van der Waals surface area contributed by atoms with Crippen LogP contribution in [0.25, 0.3) is 0 Å². The maximum Gasteiger partial charge on any atom is 0.238 e. The van der Waals surface area contributed by atoms with Gasteiger partial charge in [0.15, 0.2) is 5.82 Å². The molecule has 2 amide bonds. The fourth-order valence-corrected chi connectivity index (χ4v) is 3.24. The van der Waals surface area contributed by atoms with Gasteiger partial charge in [-0.25, -0.2) is 9.37 Å². The molecule has 3 N–H and O–H groups in total. The molecule has 1 aromatic heterocycles. The number of aromatic nitrogens is 1. The normalized spacial score (nSPS) is 12.8. The van der Waals surface area contributed by atoms with Crippen LogP contribution in [0.3, 0.4) is 0 Å². The van der Waals surface area contributed by atoms with Gasteiger partial charge in [0.25, 0.3) is 0 Å². The van der Waals surface area contributed by atoms with Gasteiger partial charge in [-0.1, -0.05) is 38.8 Å². The van der Waals surface area contributed by atoms with Crippen molar-refractivity contribution < 1.29 is 14.0 Å². The fourth-order valence-electron chi connectivity index (χ4n) is 3.24. The Kier molecular flexibility index (Phi) is 8.73. The van der Waals surface area contributed by atoms with Gasteiger partial charge in [-0.2, -0.15) is 0 Å². The zero-order valence-electron chi connectivity index (χ0n) is 17.2. The van der Waals surface area contributed by atoms with Gasteiger partial charge in [-0.3, -0.25) is 9.59 Å². The standard InChI is InChI=1S/C22H29FN4O2/c1-4-5-6-16(3)21(17-7-9-18(23)10-8-17)24-13-20(29)27-19-11-15(2)12-25-22(19)26-14-28/h7-12,14,16,21,24H,4-6,13H2,1-3H3,(H,27,29)(H,25,26,28). The number of hydrogen-bond donors (Lipinski definition) is 3. The third-order valence-corrected chi connectivity index (χ3v) is 4.79. The van der Waals surface area contributed by atoms with Crippen LogP contribution in [0.4, 0.5) is 15.9 Å². The van der Waals surface area contributed by atoms with Crippen molar-refractivity contribution in [2.45, 2.75) is 46.1 Å². The number of rotatable bonds is 11. The number of nitrogens with one attached hydrogen (secondary N) is 3. The summed E-state index contributed by atoms with van der Waals surface area (Å²) in [6.07, 6.45) is 5.31. The predicted octanol–water partition coefficient (Wildman–Crippen LogP) is 4.19. The molecule has 0 fully saturated rings. The van der Waals surface area contributed by atoms with Crippen molar-refractivity contribution >= 4 is 23.8 Å². The van der Waals surface area contributed by atoms with E-state index in [4.69, 9.17) is 0 Å². The minimum atomic E-state index is -0.284. The summed E-state index contributed by atoms with van der Waals surface area (Å²) in [6, 6.07) is 8.06. The van der Waals surface area contributed by atoms with Crippen LogP contribution in [0.2, 0.25) is 0 Å². The molecule has 2 unspecified atom stereocenters. The van der Waals surface area contributed by atoms with Crippen molar-refractivity contribution in [3.8, 4) is 0 Å². The van der Waals surface area contributed by atoms with Gasteiger partial charge in [0, 0.05) is 12.2 Å². The van der Waals surface area contributed by atoms with Gasteiger partial charge in [-0.15, -0.1) is 0 Å². The van der Waals surface area contributed by atoms with Crippen LogP contribution in [-0.4, -0.2) is 23.8 Å². The van der Waals surface area contributed by atoms with Gasteiger partial charge >= 0.3 is 0 Å². The van der Waals surface area contributed by atoms with Crippen LogP contribution in [0.5, 0.6) is 0 Å².